The summed E-state index contributed by atoms with van der Waals surface area (Å²) in [5.41, 5.74) is 5.38. The second-order valence-corrected chi connectivity index (χ2v) is 7.10. The maximum atomic E-state index is 12.1. The molecule has 0 spiro atoms. The molecular weight excluding hydrogens is 268 g/mol. The van der Waals surface area contributed by atoms with Crippen LogP contribution in [0.15, 0.2) is 5.16 Å². The van der Waals surface area contributed by atoms with E-state index in [1.54, 1.807) is 0 Å². The van der Waals surface area contributed by atoms with Gasteiger partial charge < -0.3 is 10.9 Å². The summed E-state index contributed by atoms with van der Waals surface area (Å²) >= 11 is 0. The minimum atomic E-state index is -3.53. The number of amidine groups is 1. The zero-order chi connectivity index (χ0) is 15.1. The Hall–Kier alpha value is -0.860. The highest BCUT2D eigenvalue weighted by molar-refractivity contribution is 7.87. The molecule has 0 fully saturated rings. The van der Waals surface area contributed by atoms with Crippen molar-refractivity contribution in [2.75, 3.05) is 19.6 Å². The molecule has 114 valence electrons. The predicted octanol–water partition coefficient (Wildman–Crippen LogP) is 0.571. The van der Waals surface area contributed by atoms with Crippen LogP contribution in [0.1, 0.15) is 34.1 Å². The molecule has 0 amide bonds. The molecule has 0 aromatic rings. The highest BCUT2D eigenvalue weighted by Crippen LogP contribution is 2.06. The zero-order valence-corrected chi connectivity index (χ0v) is 12.9. The van der Waals surface area contributed by atoms with E-state index in [9.17, 15) is 8.42 Å². The van der Waals surface area contributed by atoms with Gasteiger partial charge in [-0.25, -0.2) is 4.72 Å². The summed E-state index contributed by atoms with van der Waals surface area (Å²) in [5, 5.41) is 11.3. The van der Waals surface area contributed by atoms with E-state index in [-0.39, 0.29) is 30.6 Å². The van der Waals surface area contributed by atoms with Gasteiger partial charge in [0.05, 0.1) is 0 Å². The normalized spacial score (nSPS) is 13.7. The molecule has 0 radical (unpaired) electrons. The first-order valence-electron chi connectivity index (χ1n) is 6.40. The Balaban J connectivity index is 4.72. The molecule has 0 aromatic carbocycles. The van der Waals surface area contributed by atoms with Crippen molar-refractivity contribution in [3.63, 3.8) is 0 Å². The lowest BCUT2D eigenvalue weighted by atomic mass is 10.2. The van der Waals surface area contributed by atoms with Crippen molar-refractivity contribution >= 4 is 16.0 Å². The second-order valence-electron chi connectivity index (χ2n) is 5.34. The average molecular weight is 294 g/mol. The molecular formula is C11H26N4O3S. The lowest BCUT2D eigenvalue weighted by Crippen LogP contribution is -2.44. The fourth-order valence-corrected chi connectivity index (χ4v) is 2.92. The highest BCUT2D eigenvalue weighted by Gasteiger charge is 2.22. The van der Waals surface area contributed by atoms with Crippen LogP contribution in [-0.4, -0.2) is 43.4 Å². The molecule has 0 saturated heterocycles. The topological polar surface area (TPSA) is 108 Å². The molecule has 4 N–H and O–H groups in total. The Morgan fingerprint density at radius 3 is 2.32 bits per heavy atom. The molecule has 0 aromatic heterocycles. The van der Waals surface area contributed by atoms with E-state index in [1.807, 2.05) is 27.7 Å². The van der Waals surface area contributed by atoms with Gasteiger partial charge in [-0.3, -0.25) is 0 Å². The number of rotatable bonds is 9. The molecule has 8 heteroatoms. The smallest absolute Gasteiger partial charge is 0.279 e. The Kier molecular flexibility index (Phi) is 7.96. The minimum absolute atomic E-state index is 0.0211. The summed E-state index contributed by atoms with van der Waals surface area (Å²) in [4.78, 5) is 0. The Labute approximate surface area is 116 Å². The molecule has 0 aliphatic rings. The van der Waals surface area contributed by atoms with Crippen molar-refractivity contribution in [2.24, 2.45) is 22.7 Å². The summed E-state index contributed by atoms with van der Waals surface area (Å²) in [5.74, 6) is 0.454. The number of hydrogen-bond acceptors (Lipinski definition) is 4. The van der Waals surface area contributed by atoms with E-state index in [1.165, 1.54) is 4.31 Å². The standard InChI is InChI=1S/C11H26N4O3S/c1-9(2)7-13-19(17,18)15(8-10(3)4)6-5-11(12)14-16/h9-10,13,16H,5-8H2,1-4H3,(H2,12,14). The van der Waals surface area contributed by atoms with E-state index in [2.05, 4.69) is 9.88 Å². The van der Waals surface area contributed by atoms with Crippen LogP contribution in [0.4, 0.5) is 0 Å². The minimum Gasteiger partial charge on any atom is -0.409 e. The number of hydrogen-bond donors (Lipinski definition) is 3. The molecule has 0 aliphatic carbocycles. The Bertz CT molecular complexity index is 379. The van der Waals surface area contributed by atoms with E-state index < -0.39 is 10.2 Å². The fraction of sp³-hybridized carbons (Fsp3) is 0.909. The molecule has 0 heterocycles. The third-order valence-electron chi connectivity index (χ3n) is 2.33. The van der Waals surface area contributed by atoms with Crippen molar-refractivity contribution in [1.82, 2.24) is 9.03 Å². The van der Waals surface area contributed by atoms with Crippen molar-refractivity contribution in [3.8, 4) is 0 Å². The van der Waals surface area contributed by atoms with Gasteiger partial charge in [-0.05, 0) is 11.8 Å². The van der Waals surface area contributed by atoms with Gasteiger partial charge in [0.15, 0.2) is 0 Å². The molecule has 0 unspecified atom stereocenters. The van der Waals surface area contributed by atoms with Gasteiger partial charge in [0.2, 0.25) is 0 Å². The van der Waals surface area contributed by atoms with E-state index in [0.29, 0.717) is 13.1 Å². The summed E-state index contributed by atoms with van der Waals surface area (Å²) in [6.07, 6.45) is 0.200. The van der Waals surface area contributed by atoms with Gasteiger partial charge >= 0.3 is 0 Å². The van der Waals surface area contributed by atoms with Crippen molar-refractivity contribution in [1.29, 1.82) is 0 Å². The van der Waals surface area contributed by atoms with Crippen LogP contribution in [-0.2, 0) is 10.2 Å². The summed E-state index contributed by atoms with van der Waals surface area (Å²) in [6.45, 7) is 8.73. The molecule has 0 bridgehead atoms. The first-order valence-corrected chi connectivity index (χ1v) is 7.84. The first-order chi connectivity index (χ1) is 8.69. The van der Waals surface area contributed by atoms with Gasteiger partial charge in [-0.2, -0.15) is 12.7 Å². The van der Waals surface area contributed by atoms with Crippen LogP contribution in [0.25, 0.3) is 0 Å². The van der Waals surface area contributed by atoms with Gasteiger partial charge in [-0.1, -0.05) is 32.9 Å². The Morgan fingerprint density at radius 1 is 1.32 bits per heavy atom. The van der Waals surface area contributed by atoms with Crippen LogP contribution >= 0.6 is 0 Å². The first kappa shape index (κ1) is 18.1. The highest BCUT2D eigenvalue weighted by atomic mass is 32.2. The molecule has 7 nitrogen and oxygen atoms in total. The maximum Gasteiger partial charge on any atom is 0.279 e. The number of oxime groups is 1. The molecule has 0 aliphatic heterocycles. The van der Waals surface area contributed by atoms with Crippen LogP contribution in [0.5, 0.6) is 0 Å². The number of nitrogens with one attached hydrogen (secondary N) is 1. The summed E-state index contributed by atoms with van der Waals surface area (Å²) in [6, 6.07) is 0. The fourth-order valence-electron chi connectivity index (χ4n) is 1.37. The SMILES string of the molecule is CC(C)CNS(=O)(=O)N(CCC(N)=NO)CC(C)C. The molecule has 0 atom stereocenters. The van der Waals surface area contributed by atoms with Crippen LogP contribution in [0.2, 0.25) is 0 Å². The van der Waals surface area contributed by atoms with Crippen LogP contribution in [0.3, 0.4) is 0 Å². The lowest BCUT2D eigenvalue weighted by molar-refractivity contribution is 0.314. The third-order valence-corrected chi connectivity index (χ3v) is 3.87. The maximum absolute atomic E-state index is 12.1. The molecule has 0 saturated carbocycles. The lowest BCUT2D eigenvalue weighted by Gasteiger charge is -2.24. The van der Waals surface area contributed by atoms with Crippen molar-refractivity contribution in [2.45, 2.75) is 34.1 Å². The number of nitrogens with two attached hydrogens (primary N) is 1. The predicted molar refractivity (Wildman–Crippen MR) is 76.2 cm³/mol. The van der Waals surface area contributed by atoms with Crippen molar-refractivity contribution < 1.29 is 13.6 Å². The van der Waals surface area contributed by atoms with Crippen LogP contribution < -0.4 is 10.5 Å². The van der Waals surface area contributed by atoms with Gasteiger partial charge in [0, 0.05) is 26.1 Å². The average Bonchev–Trinajstić information content (AvgIpc) is 2.31. The van der Waals surface area contributed by atoms with E-state index in [4.69, 9.17) is 10.9 Å². The summed E-state index contributed by atoms with van der Waals surface area (Å²) < 4.78 is 28.2. The van der Waals surface area contributed by atoms with Gasteiger partial charge in [-0.15, -0.1) is 0 Å². The van der Waals surface area contributed by atoms with Crippen molar-refractivity contribution in [3.05, 3.63) is 0 Å². The van der Waals surface area contributed by atoms with E-state index in [0.717, 1.165) is 0 Å². The largest absolute Gasteiger partial charge is 0.409 e. The monoisotopic (exact) mass is 294 g/mol. The second kappa shape index (κ2) is 8.34. The molecule has 0 rings (SSSR count). The third kappa shape index (κ3) is 8.02. The van der Waals surface area contributed by atoms with Gasteiger partial charge in [0.25, 0.3) is 10.2 Å². The number of nitrogens with zero attached hydrogens (tertiary/aromatic N) is 2. The Morgan fingerprint density at radius 2 is 1.89 bits per heavy atom. The quantitative estimate of drug-likeness (QED) is 0.250. The summed E-state index contributed by atoms with van der Waals surface area (Å²) in [7, 11) is -3.53. The molecule has 19 heavy (non-hydrogen) atoms. The van der Waals surface area contributed by atoms with Gasteiger partial charge in [0.1, 0.15) is 5.84 Å². The van der Waals surface area contributed by atoms with Crippen LogP contribution in [0, 0.1) is 11.8 Å². The van der Waals surface area contributed by atoms with E-state index >= 15 is 0 Å². The zero-order valence-electron chi connectivity index (χ0n) is 12.1.